The van der Waals surface area contributed by atoms with E-state index in [1.54, 1.807) is 33.4 Å². The Balaban J connectivity index is 1.88. The number of anilines is 1. The number of aromatic nitrogens is 2. The van der Waals surface area contributed by atoms with Crippen LogP contribution in [0.4, 0.5) is 10.2 Å². The summed E-state index contributed by atoms with van der Waals surface area (Å²) >= 11 is 0. The molecule has 4 rings (SSSR count). The van der Waals surface area contributed by atoms with Gasteiger partial charge in [0.2, 0.25) is 11.3 Å². The Hall–Kier alpha value is -3.75. The molecule has 3 aromatic rings. The predicted molar refractivity (Wildman–Crippen MR) is 118 cm³/mol. The van der Waals surface area contributed by atoms with Crippen molar-refractivity contribution in [1.82, 2.24) is 14.5 Å². The molecule has 0 unspecified atom stereocenters. The number of fused-ring (bicyclic) bond motifs is 1. The maximum Gasteiger partial charge on any atom is 0.343 e. The Morgan fingerprint density at radius 3 is 2.44 bits per heavy atom. The lowest BCUT2D eigenvalue weighted by Crippen LogP contribution is -2.48. The number of hydrogen-bond donors (Lipinski definition) is 0. The Bertz CT molecular complexity index is 1230. The number of benzene rings is 1. The van der Waals surface area contributed by atoms with Crippen molar-refractivity contribution in [2.45, 2.75) is 13.8 Å². The molecule has 0 bridgehead atoms. The quantitative estimate of drug-likeness (QED) is 0.582. The zero-order valence-electron chi connectivity index (χ0n) is 17.9. The van der Waals surface area contributed by atoms with Gasteiger partial charge in [0.05, 0.1) is 12.0 Å². The summed E-state index contributed by atoms with van der Waals surface area (Å²) in [4.78, 5) is 45.0. The van der Waals surface area contributed by atoms with Crippen LogP contribution < -0.4 is 10.3 Å². The van der Waals surface area contributed by atoms with Gasteiger partial charge < -0.3 is 19.1 Å². The van der Waals surface area contributed by atoms with Gasteiger partial charge in [-0.1, -0.05) is 18.2 Å². The van der Waals surface area contributed by atoms with E-state index in [2.05, 4.69) is 4.98 Å². The van der Waals surface area contributed by atoms with Crippen molar-refractivity contribution in [1.29, 1.82) is 0 Å². The van der Waals surface area contributed by atoms with Crippen molar-refractivity contribution in [3.05, 3.63) is 64.2 Å². The number of nitrogens with zero attached hydrogens (tertiary/aromatic N) is 4. The lowest BCUT2D eigenvalue weighted by Gasteiger charge is -2.35. The van der Waals surface area contributed by atoms with Gasteiger partial charge in [-0.25, -0.2) is 14.2 Å². The number of pyridine rings is 2. The number of carbonyl (C=O) groups excluding carboxylic acids is 2. The van der Waals surface area contributed by atoms with E-state index in [1.165, 1.54) is 13.1 Å². The Kier molecular flexibility index (Phi) is 5.89. The average Bonchev–Trinajstić information content (AvgIpc) is 2.80. The van der Waals surface area contributed by atoms with Crippen LogP contribution >= 0.6 is 0 Å². The summed E-state index contributed by atoms with van der Waals surface area (Å²) in [5.41, 5.74) is 0.0753. The Morgan fingerprint density at radius 1 is 1.12 bits per heavy atom. The van der Waals surface area contributed by atoms with Crippen LogP contribution in [0, 0.1) is 5.82 Å². The first-order chi connectivity index (χ1) is 15.4. The molecule has 0 saturated carbocycles. The van der Waals surface area contributed by atoms with Gasteiger partial charge >= 0.3 is 5.97 Å². The zero-order valence-corrected chi connectivity index (χ0v) is 17.9. The minimum absolute atomic E-state index is 0.0111. The summed E-state index contributed by atoms with van der Waals surface area (Å²) in [5.74, 6) is -1.35. The number of amides is 1. The van der Waals surface area contributed by atoms with E-state index in [9.17, 15) is 14.4 Å². The highest BCUT2D eigenvalue weighted by molar-refractivity contribution is 5.94. The van der Waals surface area contributed by atoms with E-state index >= 15 is 4.39 Å². The highest BCUT2D eigenvalue weighted by Crippen LogP contribution is 2.24. The van der Waals surface area contributed by atoms with Crippen LogP contribution in [0.2, 0.25) is 0 Å². The lowest BCUT2D eigenvalue weighted by atomic mass is 10.1. The molecule has 1 aliphatic heterocycles. The van der Waals surface area contributed by atoms with Crippen LogP contribution in [0.3, 0.4) is 0 Å². The summed E-state index contributed by atoms with van der Waals surface area (Å²) in [6, 6.07) is 10.2. The number of rotatable bonds is 4. The molecule has 0 atom stereocenters. The van der Waals surface area contributed by atoms with Gasteiger partial charge in [-0.3, -0.25) is 9.59 Å². The highest BCUT2D eigenvalue weighted by atomic mass is 19.1. The van der Waals surface area contributed by atoms with E-state index < -0.39 is 17.2 Å². The van der Waals surface area contributed by atoms with E-state index in [4.69, 9.17) is 4.74 Å². The largest absolute Gasteiger partial charge is 0.462 e. The molecule has 1 aliphatic rings. The maximum atomic E-state index is 15.1. The number of carbonyl (C=O) groups is 2. The number of ether oxygens (including phenoxy) is 1. The molecule has 0 aliphatic carbocycles. The van der Waals surface area contributed by atoms with Gasteiger partial charge in [0.1, 0.15) is 5.56 Å². The molecule has 1 fully saturated rings. The summed E-state index contributed by atoms with van der Waals surface area (Å²) in [7, 11) is 0. The zero-order chi connectivity index (χ0) is 22.8. The predicted octanol–water partition coefficient (Wildman–Crippen LogP) is 2.37. The van der Waals surface area contributed by atoms with Crippen LogP contribution in [-0.4, -0.2) is 59.1 Å². The molecule has 0 N–H and O–H groups in total. The summed E-state index contributed by atoms with van der Waals surface area (Å²) in [6.45, 7) is 5.03. The average molecular weight is 438 g/mol. The van der Waals surface area contributed by atoms with E-state index in [1.807, 2.05) is 18.2 Å². The van der Waals surface area contributed by atoms with Crippen LogP contribution in [0.25, 0.3) is 16.7 Å². The SMILES string of the molecule is CCOC(=O)c1cn(-c2ccccc2)c2nc(N3CCN(C(C)=O)CC3)c(F)cc2c1=O. The minimum Gasteiger partial charge on any atom is -0.462 e. The minimum atomic E-state index is -0.770. The number of esters is 1. The molecule has 0 radical (unpaired) electrons. The second-order valence-electron chi connectivity index (χ2n) is 7.46. The molecule has 9 heteroatoms. The van der Waals surface area contributed by atoms with Gasteiger partial charge in [-0.15, -0.1) is 0 Å². The van der Waals surface area contributed by atoms with Gasteiger partial charge in [-0.2, -0.15) is 0 Å². The molecular formula is C23H23FN4O4. The smallest absolute Gasteiger partial charge is 0.343 e. The molecule has 32 heavy (non-hydrogen) atoms. The van der Waals surface area contributed by atoms with Gasteiger partial charge in [0.25, 0.3) is 0 Å². The Morgan fingerprint density at radius 2 is 1.81 bits per heavy atom. The van der Waals surface area contributed by atoms with Crippen molar-refractivity contribution in [2.75, 3.05) is 37.7 Å². The Labute approximate surface area is 183 Å². The van der Waals surface area contributed by atoms with Crippen molar-refractivity contribution in [2.24, 2.45) is 0 Å². The third-order valence-corrected chi connectivity index (χ3v) is 5.47. The number of piperazine rings is 1. The molecular weight excluding hydrogens is 415 g/mol. The lowest BCUT2D eigenvalue weighted by molar-refractivity contribution is -0.129. The second-order valence-corrected chi connectivity index (χ2v) is 7.46. The van der Waals surface area contributed by atoms with Crippen LogP contribution in [0.15, 0.2) is 47.4 Å². The highest BCUT2D eigenvalue weighted by Gasteiger charge is 2.25. The molecule has 0 spiro atoms. The molecule has 1 amide bonds. The molecule has 8 nitrogen and oxygen atoms in total. The molecule has 166 valence electrons. The normalized spacial score (nSPS) is 14.0. The summed E-state index contributed by atoms with van der Waals surface area (Å²) < 4.78 is 21.7. The number of halogens is 1. The monoisotopic (exact) mass is 438 g/mol. The first-order valence-corrected chi connectivity index (χ1v) is 10.4. The standard InChI is InChI=1S/C23H23FN4O4/c1-3-32-23(31)18-14-28(16-7-5-4-6-8-16)21-17(20(18)30)13-19(24)22(25-21)27-11-9-26(10-12-27)15(2)29/h4-8,13-14H,3,9-12H2,1-2H3. The topological polar surface area (TPSA) is 84.7 Å². The molecule has 1 saturated heterocycles. The summed E-state index contributed by atoms with van der Waals surface area (Å²) in [5, 5.41) is -0.0111. The van der Waals surface area contributed by atoms with Crippen molar-refractivity contribution >= 4 is 28.7 Å². The first-order valence-electron chi connectivity index (χ1n) is 10.4. The van der Waals surface area contributed by atoms with Crippen LogP contribution in [0.5, 0.6) is 0 Å². The van der Waals surface area contributed by atoms with Crippen LogP contribution in [0.1, 0.15) is 24.2 Å². The second kappa shape index (κ2) is 8.78. The fraction of sp³-hybridized carbons (Fsp3) is 0.304. The van der Waals surface area contributed by atoms with Gasteiger partial charge in [0.15, 0.2) is 17.3 Å². The fourth-order valence-electron chi connectivity index (χ4n) is 3.81. The van der Waals surface area contributed by atoms with Crippen molar-refractivity contribution < 1.29 is 18.7 Å². The molecule has 3 heterocycles. The van der Waals surface area contributed by atoms with Gasteiger partial charge in [-0.05, 0) is 25.1 Å². The third kappa shape index (κ3) is 3.93. The van der Waals surface area contributed by atoms with E-state index in [0.29, 0.717) is 31.9 Å². The third-order valence-electron chi connectivity index (χ3n) is 5.47. The van der Waals surface area contributed by atoms with Crippen LogP contribution in [-0.2, 0) is 9.53 Å². The van der Waals surface area contributed by atoms with Gasteiger partial charge in [0, 0.05) is 45.0 Å². The molecule has 1 aromatic carbocycles. The molecule has 2 aromatic heterocycles. The van der Waals surface area contributed by atoms with E-state index in [0.717, 1.165) is 6.07 Å². The summed E-state index contributed by atoms with van der Waals surface area (Å²) in [6.07, 6.45) is 1.39. The number of hydrogen-bond acceptors (Lipinski definition) is 6. The fourth-order valence-corrected chi connectivity index (χ4v) is 3.81. The van der Waals surface area contributed by atoms with Crippen molar-refractivity contribution in [3.8, 4) is 5.69 Å². The van der Waals surface area contributed by atoms with Crippen molar-refractivity contribution in [3.63, 3.8) is 0 Å². The van der Waals surface area contributed by atoms with E-state index in [-0.39, 0.29) is 34.9 Å². The maximum absolute atomic E-state index is 15.1. The first kappa shape index (κ1) is 21.5. The number of para-hydroxylation sites is 1.